The van der Waals surface area contributed by atoms with Gasteiger partial charge in [0.15, 0.2) is 16.7 Å². The average molecular weight is 531 g/mol. The lowest BCUT2D eigenvalue weighted by atomic mass is 10.2. The highest BCUT2D eigenvalue weighted by Gasteiger charge is 2.30. The number of benzene rings is 2. The molecule has 3 rings (SSSR count). The van der Waals surface area contributed by atoms with Crippen LogP contribution in [0.2, 0.25) is 0 Å². The first-order valence-corrected chi connectivity index (χ1v) is 11.6. The van der Waals surface area contributed by atoms with E-state index >= 15 is 0 Å². The van der Waals surface area contributed by atoms with Crippen LogP contribution in [0, 0.1) is 0 Å². The van der Waals surface area contributed by atoms with Crippen molar-refractivity contribution >= 4 is 56.5 Å². The molecule has 0 spiro atoms. The molecule has 0 atom stereocenters. The van der Waals surface area contributed by atoms with E-state index in [-0.39, 0.29) is 5.91 Å². The van der Waals surface area contributed by atoms with Crippen molar-refractivity contribution in [3.63, 3.8) is 0 Å². The predicted molar refractivity (Wildman–Crippen MR) is 134 cm³/mol. The molecule has 0 bridgehead atoms. The summed E-state index contributed by atoms with van der Waals surface area (Å²) in [6.45, 7) is 6.38. The maximum atomic E-state index is 12.8. The Morgan fingerprint density at radius 3 is 2.61 bits per heavy atom. The number of hydrogen-bond acceptors (Lipinski definition) is 7. The second-order valence-corrected chi connectivity index (χ2v) is 8.63. The Kier molecular flexibility index (Phi) is 8.35. The van der Waals surface area contributed by atoms with Crippen molar-refractivity contribution in [1.82, 2.24) is 4.90 Å². The molecule has 0 unspecified atom stereocenters. The maximum absolute atomic E-state index is 12.8. The number of rotatable bonds is 8. The first-order chi connectivity index (χ1) is 15.9. The second kappa shape index (κ2) is 11.2. The van der Waals surface area contributed by atoms with Crippen LogP contribution in [0.4, 0.5) is 5.69 Å². The lowest BCUT2D eigenvalue weighted by molar-refractivity contribution is -0.121. The van der Waals surface area contributed by atoms with E-state index in [4.69, 9.17) is 14.2 Å². The van der Waals surface area contributed by atoms with E-state index in [1.54, 1.807) is 43.5 Å². The molecule has 7 nitrogen and oxygen atoms in total. The van der Waals surface area contributed by atoms with Gasteiger partial charge in [-0.2, -0.15) is 0 Å². The molecule has 1 heterocycles. The SMILES string of the molecule is C=CCOc1c(Br)cc(C=C2SC(=Nc3ccc(C(=O)OC)cc3)N(C)C2=O)cc1OCC. The Hall–Kier alpha value is -3.04. The number of amidine groups is 1. The number of ether oxygens (including phenoxy) is 3. The Balaban J connectivity index is 1.88. The predicted octanol–water partition coefficient (Wildman–Crippen LogP) is 5.43. The van der Waals surface area contributed by atoms with Crippen LogP contribution >= 0.6 is 27.7 Å². The highest BCUT2D eigenvalue weighted by molar-refractivity contribution is 9.10. The summed E-state index contributed by atoms with van der Waals surface area (Å²) >= 11 is 4.79. The average Bonchev–Trinajstić information content (AvgIpc) is 3.06. The molecular weight excluding hydrogens is 508 g/mol. The van der Waals surface area contributed by atoms with E-state index in [1.165, 1.54) is 23.8 Å². The number of hydrogen-bond donors (Lipinski definition) is 0. The number of thioether (sulfide) groups is 1. The van der Waals surface area contributed by atoms with Gasteiger partial charge in [0.2, 0.25) is 0 Å². The highest BCUT2D eigenvalue weighted by atomic mass is 79.9. The summed E-state index contributed by atoms with van der Waals surface area (Å²) in [5.74, 6) is 0.578. The summed E-state index contributed by atoms with van der Waals surface area (Å²) in [5, 5.41) is 0.534. The van der Waals surface area contributed by atoms with Crippen LogP contribution in [-0.4, -0.2) is 49.3 Å². The van der Waals surface area contributed by atoms with E-state index in [0.29, 0.717) is 50.5 Å². The Bertz CT molecular complexity index is 1130. The molecule has 9 heteroatoms. The first kappa shape index (κ1) is 24.6. The zero-order chi connectivity index (χ0) is 24.0. The minimum absolute atomic E-state index is 0.161. The molecule has 1 saturated heterocycles. The standard InChI is InChI=1S/C24H23BrN2O5S/c1-5-11-32-21-18(25)12-15(13-19(21)31-6-2)14-20-22(28)27(3)24(33-20)26-17-9-7-16(8-10-17)23(29)30-4/h5,7-10,12-14H,1,6,11H2,2-4H3. The van der Waals surface area contributed by atoms with Gasteiger partial charge in [0.05, 0.1) is 34.3 Å². The lowest BCUT2D eigenvalue weighted by Crippen LogP contribution is -2.23. The fourth-order valence-corrected chi connectivity index (χ4v) is 4.48. The smallest absolute Gasteiger partial charge is 0.337 e. The van der Waals surface area contributed by atoms with Gasteiger partial charge in [0.1, 0.15) is 6.61 Å². The summed E-state index contributed by atoms with van der Waals surface area (Å²) in [4.78, 5) is 31.0. The molecule has 0 aromatic heterocycles. The van der Waals surface area contributed by atoms with Crippen molar-refractivity contribution in [3.05, 3.63) is 69.6 Å². The van der Waals surface area contributed by atoms with E-state index < -0.39 is 5.97 Å². The third-order valence-electron chi connectivity index (χ3n) is 4.49. The minimum atomic E-state index is -0.416. The number of aliphatic imine (C=N–C) groups is 1. The van der Waals surface area contributed by atoms with Crippen molar-refractivity contribution in [1.29, 1.82) is 0 Å². The molecule has 0 aliphatic carbocycles. The van der Waals surface area contributed by atoms with Crippen LogP contribution in [0.5, 0.6) is 11.5 Å². The maximum Gasteiger partial charge on any atom is 0.337 e. The van der Waals surface area contributed by atoms with Gasteiger partial charge < -0.3 is 14.2 Å². The van der Waals surface area contributed by atoms with Gasteiger partial charge in [0, 0.05) is 7.05 Å². The molecular formula is C24H23BrN2O5S. The third-order valence-corrected chi connectivity index (χ3v) is 6.14. The summed E-state index contributed by atoms with van der Waals surface area (Å²) in [5.41, 5.74) is 1.84. The quantitative estimate of drug-likeness (QED) is 0.257. The van der Waals surface area contributed by atoms with Crippen LogP contribution in [0.1, 0.15) is 22.8 Å². The largest absolute Gasteiger partial charge is 0.490 e. The van der Waals surface area contributed by atoms with Crippen LogP contribution in [-0.2, 0) is 9.53 Å². The summed E-state index contributed by atoms with van der Waals surface area (Å²) in [6.07, 6.45) is 3.45. The fourth-order valence-electron chi connectivity index (χ4n) is 2.92. The molecule has 2 aromatic carbocycles. The lowest BCUT2D eigenvalue weighted by Gasteiger charge is -2.13. The van der Waals surface area contributed by atoms with Gasteiger partial charge in [-0.05, 0) is 82.7 Å². The molecule has 2 aromatic rings. The summed E-state index contributed by atoms with van der Waals surface area (Å²) < 4.78 is 16.9. The number of halogens is 1. The molecule has 172 valence electrons. The van der Waals surface area contributed by atoms with Crippen molar-refractivity contribution in [2.24, 2.45) is 4.99 Å². The van der Waals surface area contributed by atoms with Crippen LogP contribution < -0.4 is 9.47 Å². The number of carbonyl (C=O) groups is 2. The van der Waals surface area contributed by atoms with Crippen LogP contribution in [0.3, 0.4) is 0 Å². The van der Waals surface area contributed by atoms with Crippen molar-refractivity contribution in [2.45, 2.75) is 6.92 Å². The van der Waals surface area contributed by atoms with E-state index in [9.17, 15) is 9.59 Å². The molecule has 1 aliphatic heterocycles. The Labute approximate surface area is 205 Å². The van der Waals surface area contributed by atoms with Gasteiger partial charge >= 0.3 is 5.97 Å². The summed E-state index contributed by atoms with van der Waals surface area (Å²) in [7, 11) is 3.00. The molecule has 0 radical (unpaired) electrons. The number of carbonyl (C=O) groups excluding carboxylic acids is 2. The molecule has 0 saturated carbocycles. The van der Waals surface area contributed by atoms with Gasteiger partial charge in [-0.1, -0.05) is 12.7 Å². The van der Waals surface area contributed by atoms with Gasteiger partial charge in [0.25, 0.3) is 5.91 Å². The monoisotopic (exact) mass is 530 g/mol. The van der Waals surface area contributed by atoms with Crippen molar-refractivity contribution in [3.8, 4) is 11.5 Å². The number of nitrogens with zero attached hydrogens (tertiary/aromatic N) is 2. The van der Waals surface area contributed by atoms with E-state index in [0.717, 1.165) is 5.56 Å². The number of methoxy groups -OCH3 is 1. The van der Waals surface area contributed by atoms with Crippen LogP contribution in [0.15, 0.2) is 63.4 Å². The normalized spacial score (nSPS) is 15.8. The molecule has 33 heavy (non-hydrogen) atoms. The topological polar surface area (TPSA) is 77.4 Å². The molecule has 1 fully saturated rings. The number of amides is 1. The number of esters is 1. The van der Waals surface area contributed by atoms with Crippen molar-refractivity contribution < 1.29 is 23.8 Å². The zero-order valence-corrected chi connectivity index (χ0v) is 20.9. The number of likely N-dealkylation sites (N-methyl/N-ethyl adjacent to an activating group) is 1. The fraction of sp³-hybridized carbons (Fsp3) is 0.208. The Morgan fingerprint density at radius 1 is 1.24 bits per heavy atom. The van der Waals surface area contributed by atoms with Gasteiger partial charge in [-0.3, -0.25) is 9.69 Å². The second-order valence-electron chi connectivity index (χ2n) is 6.77. The van der Waals surface area contributed by atoms with Crippen LogP contribution in [0.25, 0.3) is 6.08 Å². The summed E-state index contributed by atoms with van der Waals surface area (Å²) in [6, 6.07) is 10.4. The Morgan fingerprint density at radius 2 is 1.97 bits per heavy atom. The van der Waals surface area contributed by atoms with Crippen molar-refractivity contribution in [2.75, 3.05) is 27.4 Å². The van der Waals surface area contributed by atoms with E-state index in [1.807, 2.05) is 19.1 Å². The minimum Gasteiger partial charge on any atom is -0.490 e. The zero-order valence-electron chi connectivity index (χ0n) is 18.5. The van der Waals surface area contributed by atoms with Gasteiger partial charge in [-0.25, -0.2) is 9.79 Å². The molecule has 0 N–H and O–H groups in total. The van der Waals surface area contributed by atoms with Gasteiger partial charge in [-0.15, -0.1) is 0 Å². The third kappa shape index (κ3) is 5.85. The van der Waals surface area contributed by atoms with E-state index in [2.05, 4.69) is 27.5 Å². The first-order valence-electron chi connectivity index (χ1n) is 10.0. The molecule has 1 aliphatic rings. The highest BCUT2D eigenvalue weighted by Crippen LogP contribution is 2.39. The molecule has 1 amide bonds.